The van der Waals surface area contributed by atoms with Crippen LogP contribution < -0.4 is 5.32 Å². The Kier molecular flexibility index (Phi) is 2.85. The van der Waals surface area contributed by atoms with E-state index in [9.17, 15) is 13.2 Å². The van der Waals surface area contributed by atoms with Crippen LogP contribution in [0, 0.1) is 0 Å². The summed E-state index contributed by atoms with van der Waals surface area (Å²) in [6.45, 7) is -1.05. The second-order valence-electron chi connectivity index (χ2n) is 2.08. The lowest BCUT2D eigenvalue weighted by Gasteiger charge is -2.07. The van der Waals surface area contributed by atoms with Crippen molar-refractivity contribution in [2.24, 2.45) is 0 Å². The highest BCUT2D eigenvalue weighted by Gasteiger charge is 2.26. The summed E-state index contributed by atoms with van der Waals surface area (Å²) in [6, 6.07) is 1.51. The maximum absolute atomic E-state index is 11.7. The van der Waals surface area contributed by atoms with Gasteiger partial charge in [0.25, 0.3) is 0 Å². The molecule has 6 heteroatoms. The predicted molar refractivity (Wildman–Crippen MR) is 43.9 cm³/mol. The molecule has 12 heavy (non-hydrogen) atoms. The minimum absolute atomic E-state index is 0.332. The number of alkyl halides is 3. The number of hydrogen-bond donors (Lipinski definition) is 1. The molecular weight excluding hydrogens is 211 g/mol. The molecule has 0 saturated carbocycles. The highest BCUT2D eigenvalue weighted by Crippen LogP contribution is 2.28. The Balaban J connectivity index is 2.49. The third kappa shape index (κ3) is 2.91. The minimum Gasteiger partial charge on any atom is -0.375 e. The van der Waals surface area contributed by atoms with Crippen LogP contribution in [0.25, 0.3) is 0 Å². The summed E-state index contributed by atoms with van der Waals surface area (Å²) in [4.78, 5) is 0. The number of thiophene rings is 1. The average molecular weight is 216 g/mol. The Hall–Kier alpha value is -0.420. The summed E-state index contributed by atoms with van der Waals surface area (Å²) in [5, 5.41) is 3.81. The maximum atomic E-state index is 11.7. The molecule has 0 saturated heterocycles. The molecule has 1 nitrogen and oxygen atoms in total. The third-order valence-electron chi connectivity index (χ3n) is 1.10. The van der Waals surface area contributed by atoms with Crippen LogP contribution in [0.15, 0.2) is 11.4 Å². The van der Waals surface area contributed by atoms with E-state index in [4.69, 9.17) is 11.6 Å². The number of halogens is 4. The van der Waals surface area contributed by atoms with Gasteiger partial charge in [-0.05, 0) is 11.4 Å². The van der Waals surface area contributed by atoms with Crippen molar-refractivity contribution in [1.82, 2.24) is 0 Å². The van der Waals surface area contributed by atoms with Gasteiger partial charge in [-0.3, -0.25) is 0 Å². The molecule has 1 rings (SSSR count). The molecular formula is C6H5ClF3NS. The van der Waals surface area contributed by atoms with Gasteiger partial charge in [0, 0.05) is 0 Å². The predicted octanol–water partition coefficient (Wildman–Crippen LogP) is 3.38. The first-order valence-corrected chi connectivity index (χ1v) is 4.28. The quantitative estimate of drug-likeness (QED) is 0.798. The van der Waals surface area contributed by atoms with Gasteiger partial charge >= 0.3 is 6.18 Å². The van der Waals surface area contributed by atoms with Gasteiger partial charge in [0.1, 0.15) is 10.9 Å². The Morgan fingerprint density at radius 1 is 1.50 bits per heavy atom. The van der Waals surface area contributed by atoms with E-state index in [0.717, 1.165) is 0 Å². The fourth-order valence-corrected chi connectivity index (χ4v) is 1.49. The topological polar surface area (TPSA) is 12.0 Å². The molecule has 0 aromatic carbocycles. The third-order valence-corrected chi connectivity index (χ3v) is 2.27. The van der Waals surface area contributed by atoms with Crippen LogP contribution in [0.1, 0.15) is 0 Å². The van der Waals surface area contributed by atoms with Crippen LogP contribution in [0.4, 0.5) is 18.9 Å². The molecule has 0 spiro atoms. The van der Waals surface area contributed by atoms with Crippen molar-refractivity contribution in [3.63, 3.8) is 0 Å². The molecule has 0 atom stereocenters. The Morgan fingerprint density at radius 2 is 2.17 bits per heavy atom. The highest BCUT2D eigenvalue weighted by molar-refractivity contribution is 7.15. The second-order valence-corrected chi connectivity index (χ2v) is 3.59. The van der Waals surface area contributed by atoms with E-state index in [1.807, 2.05) is 0 Å². The van der Waals surface area contributed by atoms with E-state index in [2.05, 4.69) is 5.32 Å². The SMILES string of the molecule is FC(F)(F)CNc1ccsc1Cl. The first kappa shape index (κ1) is 9.67. The molecule has 0 radical (unpaired) electrons. The van der Waals surface area contributed by atoms with Crippen LogP contribution in [-0.2, 0) is 0 Å². The zero-order valence-electron chi connectivity index (χ0n) is 5.78. The number of anilines is 1. The van der Waals surface area contributed by atoms with Gasteiger partial charge in [-0.15, -0.1) is 11.3 Å². The Bertz CT molecular complexity index is 258. The molecule has 1 aromatic rings. The molecule has 0 unspecified atom stereocenters. The number of hydrogen-bond acceptors (Lipinski definition) is 2. The molecule has 68 valence electrons. The van der Waals surface area contributed by atoms with Crippen LogP contribution >= 0.6 is 22.9 Å². The molecule has 0 aliphatic heterocycles. The van der Waals surface area contributed by atoms with E-state index in [1.165, 1.54) is 17.4 Å². The van der Waals surface area contributed by atoms with Gasteiger partial charge in [-0.1, -0.05) is 11.6 Å². The van der Waals surface area contributed by atoms with E-state index >= 15 is 0 Å². The zero-order chi connectivity index (χ0) is 9.19. The molecule has 1 N–H and O–H groups in total. The fraction of sp³-hybridized carbons (Fsp3) is 0.333. The van der Waals surface area contributed by atoms with Gasteiger partial charge in [-0.2, -0.15) is 13.2 Å². The van der Waals surface area contributed by atoms with Crippen molar-refractivity contribution in [2.45, 2.75) is 6.18 Å². The van der Waals surface area contributed by atoms with E-state index in [0.29, 0.717) is 10.0 Å². The first-order valence-electron chi connectivity index (χ1n) is 3.02. The van der Waals surface area contributed by atoms with Crippen molar-refractivity contribution in [2.75, 3.05) is 11.9 Å². The molecule has 1 aromatic heterocycles. The van der Waals surface area contributed by atoms with Gasteiger partial charge in [0.05, 0.1) is 5.69 Å². The molecule has 0 aliphatic rings. The number of nitrogens with one attached hydrogen (secondary N) is 1. The van der Waals surface area contributed by atoms with Crippen molar-refractivity contribution in [3.8, 4) is 0 Å². The highest BCUT2D eigenvalue weighted by atomic mass is 35.5. The summed E-state index contributed by atoms with van der Waals surface area (Å²) in [7, 11) is 0. The lowest BCUT2D eigenvalue weighted by Crippen LogP contribution is -2.21. The van der Waals surface area contributed by atoms with E-state index in [1.54, 1.807) is 5.38 Å². The Morgan fingerprint density at radius 3 is 2.58 bits per heavy atom. The van der Waals surface area contributed by atoms with Crippen molar-refractivity contribution < 1.29 is 13.2 Å². The summed E-state index contributed by atoms with van der Waals surface area (Å²) < 4.78 is 35.4. The largest absolute Gasteiger partial charge is 0.405 e. The molecule has 0 bridgehead atoms. The Labute approximate surface area is 76.2 Å². The van der Waals surface area contributed by atoms with Crippen molar-refractivity contribution >= 4 is 28.6 Å². The minimum atomic E-state index is -4.20. The van der Waals surface area contributed by atoms with Gasteiger partial charge < -0.3 is 5.32 Å². The van der Waals surface area contributed by atoms with Crippen molar-refractivity contribution in [1.29, 1.82) is 0 Å². The number of rotatable bonds is 2. The lowest BCUT2D eigenvalue weighted by molar-refractivity contribution is -0.115. The van der Waals surface area contributed by atoms with Crippen LogP contribution in [-0.4, -0.2) is 12.7 Å². The standard InChI is InChI=1S/C6H5ClF3NS/c7-5-4(1-2-12-5)11-3-6(8,9)10/h1-2,11H,3H2. The van der Waals surface area contributed by atoms with Crippen LogP contribution in [0.5, 0.6) is 0 Å². The van der Waals surface area contributed by atoms with Gasteiger partial charge in [0.2, 0.25) is 0 Å². The molecule has 0 amide bonds. The fourth-order valence-electron chi connectivity index (χ4n) is 0.615. The smallest absolute Gasteiger partial charge is 0.375 e. The van der Waals surface area contributed by atoms with E-state index in [-0.39, 0.29) is 0 Å². The van der Waals surface area contributed by atoms with Crippen molar-refractivity contribution in [3.05, 3.63) is 15.8 Å². The monoisotopic (exact) mass is 215 g/mol. The lowest BCUT2D eigenvalue weighted by atomic mass is 10.5. The summed E-state index contributed by atoms with van der Waals surface area (Å²) >= 11 is 6.75. The molecule has 1 heterocycles. The van der Waals surface area contributed by atoms with Crippen LogP contribution in [0.2, 0.25) is 4.34 Å². The summed E-state index contributed by atoms with van der Waals surface area (Å²) in [5.41, 5.74) is 0.332. The summed E-state index contributed by atoms with van der Waals surface area (Å²) in [6.07, 6.45) is -4.20. The molecule has 0 aliphatic carbocycles. The maximum Gasteiger partial charge on any atom is 0.405 e. The zero-order valence-corrected chi connectivity index (χ0v) is 7.35. The first-order chi connectivity index (χ1) is 5.49. The van der Waals surface area contributed by atoms with Gasteiger partial charge in [0.15, 0.2) is 0 Å². The van der Waals surface area contributed by atoms with Crippen LogP contribution in [0.3, 0.4) is 0 Å². The average Bonchev–Trinajstić information content (AvgIpc) is 2.29. The normalized spacial score (nSPS) is 11.7. The van der Waals surface area contributed by atoms with E-state index < -0.39 is 12.7 Å². The second kappa shape index (κ2) is 3.53. The van der Waals surface area contributed by atoms with Gasteiger partial charge in [-0.25, -0.2) is 0 Å². The summed E-state index contributed by atoms with van der Waals surface area (Å²) in [5.74, 6) is 0. The molecule has 0 fully saturated rings.